The molecule has 1 unspecified atom stereocenters. The Hall–Kier alpha value is -3.78. The third kappa shape index (κ3) is 3.85. The Bertz CT molecular complexity index is 1150. The Labute approximate surface area is 177 Å². The number of nitrogens with one attached hydrogen (secondary N) is 2. The van der Waals surface area contributed by atoms with Gasteiger partial charge in [0.1, 0.15) is 6.29 Å². The first kappa shape index (κ1) is 20.5. The summed E-state index contributed by atoms with van der Waals surface area (Å²) in [6, 6.07) is 11.5. The third-order valence-electron chi connectivity index (χ3n) is 5.57. The van der Waals surface area contributed by atoms with Gasteiger partial charge in [-0.3, -0.25) is 24.5 Å². The van der Waals surface area contributed by atoms with E-state index in [0.29, 0.717) is 30.3 Å². The molecule has 1 aliphatic rings. The highest BCUT2D eigenvalue weighted by Gasteiger charge is 2.39. The summed E-state index contributed by atoms with van der Waals surface area (Å²) >= 11 is 0. The van der Waals surface area contributed by atoms with E-state index in [1.54, 1.807) is 35.9 Å². The summed E-state index contributed by atoms with van der Waals surface area (Å²) in [6.45, 7) is 0. The lowest BCUT2D eigenvalue weighted by atomic mass is 10.0. The zero-order valence-corrected chi connectivity index (χ0v) is 16.6. The maximum absolute atomic E-state index is 12.7. The standard InChI is InChI=1S/C23H21N3O5/c27-13-16(26-22(29)18-5-1-2-6-19(18)23(26)30)11-15-12-24-20-10-14(8-9-17(15)20)4-3-7-21(28)25-31/h1-2,5-6,8-10,12-13,16,24,31H,3-4,7,11H2,(H,25,28). The van der Waals surface area contributed by atoms with Crippen LogP contribution in [0.25, 0.3) is 10.9 Å². The van der Waals surface area contributed by atoms with Crippen molar-refractivity contribution in [1.82, 2.24) is 15.4 Å². The summed E-state index contributed by atoms with van der Waals surface area (Å²) in [6.07, 6.45) is 4.13. The van der Waals surface area contributed by atoms with Crippen molar-refractivity contribution in [2.24, 2.45) is 0 Å². The van der Waals surface area contributed by atoms with E-state index in [9.17, 15) is 19.2 Å². The molecule has 3 aromatic rings. The lowest BCUT2D eigenvalue weighted by Gasteiger charge is -2.21. The van der Waals surface area contributed by atoms with Gasteiger partial charge in [0.25, 0.3) is 11.8 Å². The van der Waals surface area contributed by atoms with E-state index in [1.807, 2.05) is 18.2 Å². The number of carbonyl (C=O) groups is 4. The monoisotopic (exact) mass is 419 g/mol. The van der Waals surface area contributed by atoms with Crippen molar-refractivity contribution in [2.75, 3.05) is 0 Å². The maximum atomic E-state index is 12.7. The fourth-order valence-corrected chi connectivity index (χ4v) is 4.00. The summed E-state index contributed by atoms with van der Waals surface area (Å²) in [5, 5.41) is 9.46. The molecule has 0 radical (unpaired) electrons. The van der Waals surface area contributed by atoms with Crippen molar-refractivity contribution >= 4 is 34.9 Å². The van der Waals surface area contributed by atoms with Crippen molar-refractivity contribution < 1.29 is 24.4 Å². The molecular formula is C23H21N3O5. The second-order valence-electron chi connectivity index (χ2n) is 7.52. The van der Waals surface area contributed by atoms with Gasteiger partial charge in [0.15, 0.2) is 0 Å². The van der Waals surface area contributed by atoms with Crippen molar-refractivity contribution in [3.05, 3.63) is 70.9 Å². The molecule has 2 heterocycles. The Balaban J connectivity index is 1.51. The van der Waals surface area contributed by atoms with E-state index >= 15 is 0 Å². The summed E-state index contributed by atoms with van der Waals surface area (Å²) in [5.74, 6) is -1.32. The van der Waals surface area contributed by atoms with Crippen LogP contribution in [0.5, 0.6) is 0 Å². The van der Waals surface area contributed by atoms with E-state index in [-0.39, 0.29) is 12.8 Å². The van der Waals surface area contributed by atoms with Crippen LogP contribution in [-0.4, -0.2) is 45.1 Å². The van der Waals surface area contributed by atoms with Crippen LogP contribution in [0.15, 0.2) is 48.7 Å². The zero-order chi connectivity index (χ0) is 22.0. The van der Waals surface area contributed by atoms with Crippen molar-refractivity contribution in [3.8, 4) is 0 Å². The van der Waals surface area contributed by atoms with Gasteiger partial charge in [0.05, 0.1) is 17.2 Å². The zero-order valence-electron chi connectivity index (χ0n) is 16.6. The van der Waals surface area contributed by atoms with Gasteiger partial charge in [-0.1, -0.05) is 24.3 Å². The van der Waals surface area contributed by atoms with Crippen molar-refractivity contribution in [1.29, 1.82) is 0 Å². The lowest BCUT2D eigenvalue weighted by Crippen LogP contribution is -2.42. The molecule has 1 aromatic heterocycles. The molecule has 0 aliphatic carbocycles. The SMILES string of the molecule is O=CC(Cc1c[nH]c2cc(CCCC(=O)NO)ccc12)N1C(=O)c2ccccc2C1=O. The van der Waals surface area contributed by atoms with E-state index in [1.165, 1.54) is 0 Å². The molecule has 4 rings (SSSR count). The number of benzene rings is 2. The lowest BCUT2D eigenvalue weighted by molar-refractivity contribution is -0.129. The van der Waals surface area contributed by atoms with E-state index in [4.69, 9.17) is 5.21 Å². The number of aryl methyl sites for hydroxylation is 1. The molecule has 2 aromatic carbocycles. The number of H-pyrrole nitrogens is 1. The molecule has 3 amide bonds. The minimum absolute atomic E-state index is 0.213. The average molecular weight is 419 g/mol. The third-order valence-corrected chi connectivity index (χ3v) is 5.57. The van der Waals surface area contributed by atoms with E-state index < -0.39 is 23.8 Å². The summed E-state index contributed by atoms with van der Waals surface area (Å²) in [4.78, 5) is 52.6. The van der Waals surface area contributed by atoms with Crippen molar-refractivity contribution in [2.45, 2.75) is 31.7 Å². The van der Waals surface area contributed by atoms with Crippen LogP contribution in [0.4, 0.5) is 0 Å². The van der Waals surface area contributed by atoms with Crippen LogP contribution in [0.2, 0.25) is 0 Å². The minimum atomic E-state index is -0.900. The number of aromatic amines is 1. The second-order valence-corrected chi connectivity index (χ2v) is 7.52. The summed E-state index contributed by atoms with van der Waals surface area (Å²) in [5.41, 5.74) is 4.97. The van der Waals surface area contributed by atoms with Gasteiger partial charge in [-0.2, -0.15) is 0 Å². The second kappa shape index (κ2) is 8.53. The average Bonchev–Trinajstić information content (AvgIpc) is 3.30. The highest BCUT2D eigenvalue weighted by molar-refractivity contribution is 6.22. The number of aromatic nitrogens is 1. The normalized spacial score (nSPS) is 14.0. The van der Waals surface area contributed by atoms with Gasteiger partial charge in [-0.25, -0.2) is 5.48 Å². The minimum Gasteiger partial charge on any atom is -0.361 e. The Morgan fingerprint density at radius 2 is 1.84 bits per heavy atom. The van der Waals surface area contributed by atoms with Gasteiger partial charge >= 0.3 is 0 Å². The number of fused-ring (bicyclic) bond motifs is 2. The number of hydrogen-bond acceptors (Lipinski definition) is 5. The molecule has 0 bridgehead atoms. The smallest absolute Gasteiger partial charge is 0.262 e. The maximum Gasteiger partial charge on any atom is 0.262 e. The first-order chi connectivity index (χ1) is 15.0. The molecule has 0 spiro atoms. The number of imide groups is 1. The first-order valence-electron chi connectivity index (χ1n) is 9.97. The molecule has 31 heavy (non-hydrogen) atoms. The molecule has 0 saturated carbocycles. The highest BCUT2D eigenvalue weighted by atomic mass is 16.5. The summed E-state index contributed by atoms with van der Waals surface area (Å²) < 4.78 is 0. The van der Waals surface area contributed by atoms with Gasteiger partial charge in [-0.15, -0.1) is 0 Å². The Kier molecular flexibility index (Phi) is 5.64. The van der Waals surface area contributed by atoms with Crippen LogP contribution in [0.3, 0.4) is 0 Å². The summed E-state index contributed by atoms with van der Waals surface area (Å²) in [7, 11) is 0. The molecule has 0 fully saturated rings. The molecule has 0 saturated heterocycles. The van der Waals surface area contributed by atoms with Gasteiger partial charge in [0.2, 0.25) is 5.91 Å². The number of carbonyl (C=O) groups excluding carboxylic acids is 4. The number of amides is 3. The number of hydroxylamine groups is 1. The van der Waals surface area contributed by atoms with Crippen molar-refractivity contribution in [3.63, 3.8) is 0 Å². The molecular weight excluding hydrogens is 398 g/mol. The molecule has 1 atom stereocenters. The fourth-order valence-electron chi connectivity index (χ4n) is 4.00. The topological polar surface area (TPSA) is 120 Å². The van der Waals surface area contributed by atoms with Gasteiger partial charge < -0.3 is 9.78 Å². The number of hydrogen-bond donors (Lipinski definition) is 3. The van der Waals surface area contributed by atoms with Crippen LogP contribution in [-0.2, 0) is 22.4 Å². The van der Waals surface area contributed by atoms with Crippen LogP contribution >= 0.6 is 0 Å². The number of aldehydes is 1. The predicted octanol–water partition coefficient (Wildman–Crippen LogP) is 2.40. The van der Waals surface area contributed by atoms with E-state index in [2.05, 4.69) is 4.98 Å². The van der Waals surface area contributed by atoms with Crippen LogP contribution in [0, 0.1) is 0 Å². The van der Waals surface area contributed by atoms with Gasteiger partial charge in [-0.05, 0) is 42.2 Å². The highest BCUT2D eigenvalue weighted by Crippen LogP contribution is 2.27. The van der Waals surface area contributed by atoms with Crippen LogP contribution < -0.4 is 5.48 Å². The number of nitrogens with zero attached hydrogens (tertiary/aromatic N) is 1. The van der Waals surface area contributed by atoms with Gasteiger partial charge in [0, 0.05) is 29.9 Å². The Morgan fingerprint density at radius 3 is 2.48 bits per heavy atom. The quantitative estimate of drug-likeness (QED) is 0.224. The largest absolute Gasteiger partial charge is 0.361 e. The molecule has 1 aliphatic heterocycles. The predicted molar refractivity (Wildman–Crippen MR) is 112 cm³/mol. The fraction of sp³-hybridized carbons (Fsp3) is 0.217. The van der Waals surface area contributed by atoms with Crippen LogP contribution in [0.1, 0.15) is 44.7 Å². The first-order valence-corrected chi connectivity index (χ1v) is 9.97. The van der Waals surface area contributed by atoms with E-state index in [0.717, 1.165) is 26.9 Å². The molecule has 8 nitrogen and oxygen atoms in total. The Morgan fingerprint density at radius 1 is 1.13 bits per heavy atom. The molecule has 158 valence electrons. The number of rotatable bonds is 8. The molecule has 8 heteroatoms. The molecule has 3 N–H and O–H groups in total.